The summed E-state index contributed by atoms with van der Waals surface area (Å²) >= 11 is 0. The minimum Gasteiger partial charge on any atom is -0.345 e. The Morgan fingerprint density at radius 1 is 1.10 bits per heavy atom. The number of imidazole rings is 1. The van der Waals surface area contributed by atoms with Crippen molar-refractivity contribution in [3.63, 3.8) is 0 Å². The number of rotatable bonds is 5. The maximum Gasteiger partial charge on any atom is 0.233 e. The topological polar surface area (TPSA) is 74.8 Å². The van der Waals surface area contributed by atoms with Crippen LogP contribution >= 0.6 is 0 Å². The standard InChI is InChI=1S/C15H15N3O2S/c19-21(20,9-8-12-4-2-1-3-5-12)18-13-6-7-14-15(10-13)17-11-16-14/h1-7,10-11,18H,8-9H2,(H,16,17). The van der Waals surface area contributed by atoms with Crippen LogP contribution in [0.4, 0.5) is 5.69 Å². The SMILES string of the molecule is O=S(=O)(CCc1ccccc1)Nc1ccc2nc[nH]c2c1. The molecule has 5 nitrogen and oxygen atoms in total. The normalized spacial score (nSPS) is 11.6. The summed E-state index contributed by atoms with van der Waals surface area (Å²) < 4.78 is 26.8. The summed E-state index contributed by atoms with van der Waals surface area (Å²) in [6.07, 6.45) is 2.07. The second-order valence-electron chi connectivity index (χ2n) is 4.79. The molecule has 1 aromatic heterocycles. The van der Waals surface area contributed by atoms with Gasteiger partial charge in [0.2, 0.25) is 10.0 Å². The molecule has 0 spiro atoms. The third-order valence-electron chi connectivity index (χ3n) is 3.20. The van der Waals surface area contributed by atoms with Gasteiger partial charge in [0.05, 0.1) is 28.8 Å². The van der Waals surface area contributed by atoms with Crippen LogP contribution in [0.15, 0.2) is 54.9 Å². The average Bonchev–Trinajstić information content (AvgIpc) is 2.93. The lowest BCUT2D eigenvalue weighted by Gasteiger charge is -2.08. The summed E-state index contributed by atoms with van der Waals surface area (Å²) in [6.45, 7) is 0. The molecule has 2 N–H and O–H groups in total. The van der Waals surface area contributed by atoms with Gasteiger partial charge in [-0.3, -0.25) is 4.72 Å². The van der Waals surface area contributed by atoms with Gasteiger partial charge < -0.3 is 4.98 Å². The number of hydrogen-bond donors (Lipinski definition) is 2. The van der Waals surface area contributed by atoms with Crippen LogP contribution in [0.2, 0.25) is 0 Å². The fourth-order valence-corrected chi connectivity index (χ4v) is 3.22. The van der Waals surface area contributed by atoms with Crippen molar-refractivity contribution in [2.45, 2.75) is 6.42 Å². The van der Waals surface area contributed by atoms with Gasteiger partial charge in [-0.25, -0.2) is 13.4 Å². The third kappa shape index (κ3) is 3.41. The quantitative estimate of drug-likeness (QED) is 0.760. The average molecular weight is 301 g/mol. The molecule has 0 saturated carbocycles. The molecule has 2 aromatic carbocycles. The summed E-state index contributed by atoms with van der Waals surface area (Å²) in [5.41, 5.74) is 3.16. The molecule has 0 fully saturated rings. The molecule has 0 atom stereocenters. The number of aryl methyl sites for hydroxylation is 1. The molecule has 3 rings (SSSR count). The van der Waals surface area contributed by atoms with Crippen LogP contribution in [0.5, 0.6) is 0 Å². The van der Waals surface area contributed by atoms with E-state index in [2.05, 4.69) is 14.7 Å². The van der Waals surface area contributed by atoms with Gasteiger partial charge in [-0.1, -0.05) is 30.3 Å². The summed E-state index contributed by atoms with van der Waals surface area (Å²) in [4.78, 5) is 7.06. The van der Waals surface area contributed by atoms with Crippen LogP contribution in [0.1, 0.15) is 5.56 Å². The van der Waals surface area contributed by atoms with Crippen LogP contribution in [-0.4, -0.2) is 24.1 Å². The van der Waals surface area contributed by atoms with Gasteiger partial charge in [-0.15, -0.1) is 0 Å². The number of nitrogens with one attached hydrogen (secondary N) is 2. The lowest BCUT2D eigenvalue weighted by molar-refractivity contribution is 0.600. The molecule has 0 amide bonds. The first kappa shape index (κ1) is 13.6. The van der Waals surface area contributed by atoms with E-state index in [9.17, 15) is 8.42 Å². The van der Waals surface area contributed by atoms with Crippen LogP contribution in [0.25, 0.3) is 11.0 Å². The van der Waals surface area contributed by atoms with E-state index in [1.54, 1.807) is 24.5 Å². The third-order valence-corrected chi connectivity index (χ3v) is 4.48. The first-order chi connectivity index (χ1) is 10.1. The highest BCUT2D eigenvalue weighted by Gasteiger charge is 2.11. The number of sulfonamides is 1. The maximum absolute atomic E-state index is 12.1. The molecule has 108 valence electrons. The molecule has 1 heterocycles. The molecule has 0 radical (unpaired) electrons. The zero-order valence-corrected chi connectivity index (χ0v) is 12.1. The van der Waals surface area contributed by atoms with Crippen LogP contribution < -0.4 is 4.72 Å². The van der Waals surface area contributed by atoms with Gasteiger partial charge in [0.1, 0.15) is 0 Å². The molecule has 0 aliphatic heterocycles. The zero-order valence-electron chi connectivity index (χ0n) is 11.3. The Bertz CT molecular complexity index is 841. The predicted octanol–water partition coefficient (Wildman–Crippen LogP) is 2.55. The highest BCUT2D eigenvalue weighted by molar-refractivity contribution is 7.92. The highest BCUT2D eigenvalue weighted by atomic mass is 32.2. The zero-order chi connectivity index (χ0) is 14.7. The lowest BCUT2D eigenvalue weighted by Crippen LogP contribution is -2.18. The van der Waals surface area contributed by atoms with Gasteiger partial charge in [0.15, 0.2) is 0 Å². The molecular weight excluding hydrogens is 286 g/mol. The van der Waals surface area contributed by atoms with E-state index in [-0.39, 0.29) is 5.75 Å². The first-order valence-corrected chi connectivity index (χ1v) is 8.25. The number of benzene rings is 2. The van der Waals surface area contributed by atoms with E-state index in [1.165, 1.54) is 0 Å². The van der Waals surface area contributed by atoms with E-state index in [1.807, 2.05) is 30.3 Å². The number of nitrogens with zero attached hydrogens (tertiary/aromatic N) is 1. The Labute approximate surface area is 123 Å². The van der Waals surface area contributed by atoms with E-state index in [4.69, 9.17) is 0 Å². The molecular formula is C15H15N3O2S. The van der Waals surface area contributed by atoms with E-state index >= 15 is 0 Å². The van der Waals surface area contributed by atoms with Crippen LogP contribution in [0.3, 0.4) is 0 Å². The Hall–Kier alpha value is -2.34. The molecule has 0 bridgehead atoms. The minimum atomic E-state index is -3.37. The predicted molar refractivity (Wildman–Crippen MR) is 83.6 cm³/mol. The van der Waals surface area contributed by atoms with Gasteiger partial charge in [0.25, 0.3) is 0 Å². The second-order valence-corrected chi connectivity index (χ2v) is 6.63. The fourth-order valence-electron chi connectivity index (χ4n) is 2.13. The Kier molecular flexibility index (Phi) is 3.62. The maximum atomic E-state index is 12.1. The Morgan fingerprint density at radius 2 is 1.90 bits per heavy atom. The molecule has 0 saturated heterocycles. The number of H-pyrrole nitrogens is 1. The van der Waals surface area contributed by atoms with Gasteiger partial charge >= 0.3 is 0 Å². The van der Waals surface area contributed by atoms with E-state index in [0.717, 1.165) is 16.6 Å². The number of aromatic amines is 1. The molecule has 0 aliphatic rings. The van der Waals surface area contributed by atoms with Crippen molar-refractivity contribution in [2.75, 3.05) is 10.5 Å². The second kappa shape index (κ2) is 5.57. The van der Waals surface area contributed by atoms with Crippen molar-refractivity contribution in [1.29, 1.82) is 0 Å². The molecule has 6 heteroatoms. The summed E-state index contributed by atoms with van der Waals surface area (Å²) in [5, 5.41) is 0. The van der Waals surface area contributed by atoms with E-state index in [0.29, 0.717) is 12.1 Å². The summed E-state index contributed by atoms with van der Waals surface area (Å²) in [6, 6.07) is 14.8. The molecule has 3 aromatic rings. The number of anilines is 1. The van der Waals surface area contributed by atoms with Crippen molar-refractivity contribution >= 4 is 26.7 Å². The number of hydrogen-bond acceptors (Lipinski definition) is 3. The lowest BCUT2D eigenvalue weighted by atomic mass is 10.2. The minimum absolute atomic E-state index is 0.0536. The number of aromatic nitrogens is 2. The molecule has 0 aliphatic carbocycles. The van der Waals surface area contributed by atoms with Crippen molar-refractivity contribution in [1.82, 2.24) is 9.97 Å². The van der Waals surface area contributed by atoms with Gasteiger partial charge in [0, 0.05) is 0 Å². The van der Waals surface area contributed by atoms with Crippen molar-refractivity contribution in [2.24, 2.45) is 0 Å². The highest BCUT2D eigenvalue weighted by Crippen LogP contribution is 2.17. The fraction of sp³-hybridized carbons (Fsp3) is 0.133. The smallest absolute Gasteiger partial charge is 0.233 e. The Morgan fingerprint density at radius 3 is 2.71 bits per heavy atom. The summed E-state index contributed by atoms with van der Waals surface area (Å²) in [7, 11) is -3.37. The van der Waals surface area contributed by atoms with Crippen LogP contribution in [0, 0.1) is 0 Å². The number of fused-ring (bicyclic) bond motifs is 1. The van der Waals surface area contributed by atoms with Gasteiger partial charge in [-0.05, 0) is 30.2 Å². The van der Waals surface area contributed by atoms with Gasteiger partial charge in [-0.2, -0.15) is 0 Å². The monoisotopic (exact) mass is 301 g/mol. The van der Waals surface area contributed by atoms with Crippen molar-refractivity contribution < 1.29 is 8.42 Å². The largest absolute Gasteiger partial charge is 0.345 e. The molecule has 0 unspecified atom stereocenters. The summed E-state index contributed by atoms with van der Waals surface area (Å²) in [5.74, 6) is 0.0536. The first-order valence-electron chi connectivity index (χ1n) is 6.60. The van der Waals surface area contributed by atoms with Crippen molar-refractivity contribution in [3.8, 4) is 0 Å². The van der Waals surface area contributed by atoms with Crippen molar-refractivity contribution in [3.05, 3.63) is 60.4 Å². The molecule has 21 heavy (non-hydrogen) atoms. The van der Waals surface area contributed by atoms with E-state index < -0.39 is 10.0 Å². The van der Waals surface area contributed by atoms with Crippen LogP contribution in [-0.2, 0) is 16.4 Å². The Balaban J connectivity index is 1.70.